The van der Waals surface area contributed by atoms with E-state index >= 15 is 0 Å². The molecule has 1 fully saturated rings. The van der Waals surface area contributed by atoms with Gasteiger partial charge in [0.05, 0.1) is 23.3 Å². The van der Waals surface area contributed by atoms with Gasteiger partial charge in [0.25, 0.3) is 0 Å². The largest absolute Gasteiger partial charge is 0.452 e. The standard InChI is InChI=1S/C26H22O8/c27-23(17-10-4-1-5-11-17)32-20-16-31-26(30)22(34-25(29)19-14-8-3-9-15-19)21(20)33-24(28)18-12-6-2-7-13-18/h1-15,20-22,26,30H,16H2. The molecule has 4 atom stereocenters. The Morgan fingerprint density at radius 1 is 0.618 bits per heavy atom. The van der Waals surface area contributed by atoms with Gasteiger partial charge in [-0.2, -0.15) is 0 Å². The number of hydrogen-bond donors (Lipinski definition) is 1. The van der Waals surface area contributed by atoms with Crippen LogP contribution in [-0.4, -0.2) is 54.2 Å². The number of ether oxygens (including phenoxy) is 4. The molecule has 1 aliphatic heterocycles. The molecule has 0 amide bonds. The summed E-state index contributed by atoms with van der Waals surface area (Å²) in [5.41, 5.74) is 0.746. The Labute approximate surface area is 195 Å². The lowest BCUT2D eigenvalue weighted by molar-refractivity contribution is -0.251. The Hall–Kier alpha value is -4.01. The van der Waals surface area contributed by atoms with Crippen molar-refractivity contribution in [3.05, 3.63) is 108 Å². The van der Waals surface area contributed by atoms with E-state index in [9.17, 15) is 19.5 Å². The van der Waals surface area contributed by atoms with Gasteiger partial charge < -0.3 is 24.1 Å². The normalized spacial score (nSPS) is 21.8. The number of aliphatic hydroxyl groups excluding tert-OH is 1. The summed E-state index contributed by atoms with van der Waals surface area (Å²) in [6, 6.07) is 24.5. The van der Waals surface area contributed by atoms with E-state index < -0.39 is 42.5 Å². The highest BCUT2D eigenvalue weighted by atomic mass is 16.7. The molecule has 3 aromatic rings. The molecule has 1 heterocycles. The lowest BCUT2D eigenvalue weighted by Crippen LogP contribution is -2.57. The van der Waals surface area contributed by atoms with E-state index in [0.717, 1.165) is 0 Å². The fraction of sp³-hybridized carbons (Fsp3) is 0.192. The van der Waals surface area contributed by atoms with Crippen LogP contribution in [0.25, 0.3) is 0 Å². The third-order valence-corrected chi connectivity index (χ3v) is 5.18. The van der Waals surface area contributed by atoms with Gasteiger partial charge in [0.2, 0.25) is 0 Å². The molecule has 0 saturated carbocycles. The Morgan fingerprint density at radius 2 is 1.00 bits per heavy atom. The van der Waals surface area contributed by atoms with Crippen molar-refractivity contribution in [2.75, 3.05) is 6.61 Å². The van der Waals surface area contributed by atoms with Crippen LogP contribution in [0.2, 0.25) is 0 Å². The van der Waals surface area contributed by atoms with Gasteiger partial charge in [-0.05, 0) is 36.4 Å². The summed E-state index contributed by atoms with van der Waals surface area (Å²) in [7, 11) is 0. The maximum atomic E-state index is 12.8. The molecule has 174 valence electrons. The lowest BCUT2D eigenvalue weighted by atomic mass is 10.0. The van der Waals surface area contributed by atoms with Crippen LogP contribution in [0.15, 0.2) is 91.0 Å². The van der Waals surface area contributed by atoms with Crippen LogP contribution >= 0.6 is 0 Å². The van der Waals surface area contributed by atoms with E-state index in [1.807, 2.05) is 0 Å². The molecule has 1 saturated heterocycles. The van der Waals surface area contributed by atoms with Gasteiger partial charge in [0.15, 0.2) is 24.6 Å². The Kier molecular flexibility index (Phi) is 7.31. The van der Waals surface area contributed by atoms with Gasteiger partial charge in [0, 0.05) is 0 Å². The first-order chi connectivity index (χ1) is 16.5. The van der Waals surface area contributed by atoms with Crippen molar-refractivity contribution < 1.29 is 38.4 Å². The quantitative estimate of drug-likeness (QED) is 0.440. The second kappa shape index (κ2) is 10.7. The van der Waals surface area contributed by atoms with E-state index in [0.29, 0.717) is 0 Å². The molecule has 0 spiro atoms. The second-order valence-corrected chi connectivity index (χ2v) is 7.51. The summed E-state index contributed by atoms with van der Waals surface area (Å²) in [6.07, 6.45) is -5.51. The smallest absolute Gasteiger partial charge is 0.338 e. The zero-order valence-electron chi connectivity index (χ0n) is 18.0. The van der Waals surface area contributed by atoms with E-state index in [4.69, 9.17) is 18.9 Å². The lowest BCUT2D eigenvalue weighted by Gasteiger charge is -2.38. The Morgan fingerprint density at radius 3 is 1.44 bits per heavy atom. The minimum atomic E-state index is -1.60. The van der Waals surface area contributed by atoms with Crippen LogP contribution in [0.1, 0.15) is 31.1 Å². The summed E-state index contributed by atoms with van der Waals surface area (Å²) in [5.74, 6) is -2.18. The highest BCUT2D eigenvalue weighted by Gasteiger charge is 2.47. The van der Waals surface area contributed by atoms with Gasteiger partial charge in [-0.25, -0.2) is 14.4 Å². The molecule has 0 bridgehead atoms. The first-order valence-corrected chi connectivity index (χ1v) is 10.6. The van der Waals surface area contributed by atoms with Crippen molar-refractivity contribution in [2.24, 2.45) is 0 Å². The maximum absolute atomic E-state index is 12.8. The first kappa shape index (κ1) is 23.2. The second-order valence-electron chi connectivity index (χ2n) is 7.51. The van der Waals surface area contributed by atoms with Crippen molar-refractivity contribution in [1.29, 1.82) is 0 Å². The molecule has 34 heavy (non-hydrogen) atoms. The van der Waals surface area contributed by atoms with E-state index in [-0.39, 0.29) is 23.3 Å². The first-order valence-electron chi connectivity index (χ1n) is 10.6. The third kappa shape index (κ3) is 5.48. The summed E-state index contributed by atoms with van der Waals surface area (Å²) in [5, 5.41) is 10.5. The maximum Gasteiger partial charge on any atom is 0.338 e. The van der Waals surface area contributed by atoms with Crippen LogP contribution in [0.4, 0.5) is 0 Å². The minimum Gasteiger partial charge on any atom is -0.452 e. The predicted molar refractivity (Wildman–Crippen MR) is 119 cm³/mol. The molecule has 0 aliphatic carbocycles. The predicted octanol–water partition coefficient (Wildman–Crippen LogP) is 3.01. The topological polar surface area (TPSA) is 108 Å². The van der Waals surface area contributed by atoms with E-state index in [1.54, 1.807) is 78.9 Å². The SMILES string of the molecule is O=C(OC1COC(O)C(OC(=O)c2ccccc2)C1OC(=O)c1ccccc1)c1ccccc1. The summed E-state index contributed by atoms with van der Waals surface area (Å²) < 4.78 is 21.9. The van der Waals surface area contributed by atoms with Crippen LogP contribution in [-0.2, 0) is 18.9 Å². The van der Waals surface area contributed by atoms with Crippen molar-refractivity contribution in [2.45, 2.75) is 24.6 Å². The van der Waals surface area contributed by atoms with Gasteiger partial charge in [-0.1, -0.05) is 54.6 Å². The van der Waals surface area contributed by atoms with Crippen LogP contribution in [0, 0.1) is 0 Å². The number of aliphatic hydroxyl groups is 1. The molecule has 8 nitrogen and oxygen atoms in total. The third-order valence-electron chi connectivity index (χ3n) is 5.18. The number of benzene rings is 3. The Bertz CT molecular complexity index is 1120. The molecule has 0 aromatic heterocycles. The molecule has 1 aliphatic rings. The average molecular weight is 462 g/mol. The molecule has 3 aromatic carbocycles. The van der Waals surface area contributed by atoms with Gasteiger partial charge in [-0.3, -0.25) is 0 Å². The fourth-order valence-electron chi connectivity index (χ4n) is 3.44. The minimum absolute atomic E-state index is 0.228. The highest BCUT2D eigenvalue weighted by molar-refractivity contribution is 5.91. The molecule has 1 N–H and O–H groups in total. The number of carbonyl (C=O) groups is 3. The van der Waals surface area contributed by atoms with Crippen LogP contribution in [0.5, 0.6) is 0 Å². The van der Waals surface area contributed by atoms with E-state index in [2.05, 4.69) is 0 Å². The Balaban J connectivity index is 1.59. The highest BCUT2D eigenvalue weighted by Crippen LogP contribution is 2.25. The summed E-state index contributed by atoms with van der Waals surface area (Å²) in [4.78, 5) is 38.1. The number of rotatable bonds is 6. The number of carbonyl (C=O) groups excluding carboxylic acids is 3. The van der Waals surface area contributed by atoms with Crippen LogP contribution < -0.4 is 0 Å². The molecular formula is C26H22O8. The zero-order valence-corrected chi connectivity index (χ0v) is 18.0. The van der Waals surface area contributed by atoms with Crippen molar-refractivity contribution in [1.82, 2.24) is 0 Å². The number of esters is 3. The van der Waals surface area contributed by atoms with Crippen LogP contribution in [0.3, 0.4) is 0 Å². The van der Waals surface area contributed by atoms with Gasteiger partial charge in [-0.15, -0.1) is 0 Å². The molecule has 0 radical (unpaired) electrons. The zero-order chi connectivity index (χ0) is 23.9. The fourth-order valence-corrected chi connectivity index (χ4v) is 3.44. The van der Waals surface area contributed by atoms with Crippen molar-refractivity contribution >= 4 is 17.9 Å². The monoisotopic (exact) mass is 462 g/mol. The van der Waals surface area contributed by atoms with Crippen molar-refractivity contribution in [3.8, 4) is 0 Å². The van der Waals surface area contributed by atoms with E-state index in [1.165, 1.54) is 12.1 Å². The van der Waals surface area contributed by atoms with Gasteiger partial charge in [0.1, 0.15) is 0 Å². The molecule has 4 rings (SSSR count). The summed E-state index contributed by atoms with van der Waals surface area (Å²) >= 11 is 0. The van der Waals surface area contributed by atoms with Crippen molar-refractivity contribution in [3.63, 3.8) is 0 Å². The average Bonchev–Trinajstić information content (AvgIpc) is 2.89. The number of hydrogen-bond acceptors (Lipinski definition) is 8. The molecule has 4 unspecified atom stereocenters. The molecular weight excluding hydrogens is 440 g/mol. The summed E-state index contributed by atoms with van der Waals surface area (Å²) in [6.45, 7) is -0.272. The molecule has 8 heteroatoms. The van der Waals surface area contributed by atoms with Gasteiger partial charge >= 0.3 is 17.9 Å².